The first kappa shape index (κ1) is 16.2. The van der Waals surface area contributed by atoms with Gasteiger partial charge < -0.3 is 9.47 Å². The van der Waals surface area contributed by atoms with Crippen molar-refractivity contribution >= 4 is 23.2 Å². The maximum Gasteiger partial charge on any atom is 0.295 e. The maximum atomic E-state index is 12.5. The van der Waals surface area contributed by atoms with Crippen molar-refractivity contribution in [2.75, 3.05) is 7.05 Å². The highest BCUT2D eigenvalue weighted by atomic mass is 35.5. The molecule has 0 fully saturated rings. The summed E-state index contributed by atoms with van der Waals surface area (Å²) in [5, 5.41) is 8.48. The van der Waals surface area contributed by atoms with Crippen molar-refractivity contribution in [3.63, 3.8) is 0 Å². The Hall–Kier alpha value is -2.67. The van der Waals surface area contributed by atoms with Crippen molar-refractivity contribution < 1.29 is 4.79 Å². The number of hydrogen-bond donors (Lipinski definition) is 0. The quantitative estimate of drug-likeness (QED) is 0.723. The molecule has 0 saturated carbocycles. The summed E-state index contributed by atoms with van der Waals surface area (Å²) in [5.74, 6) is 0.328. The SMILES string of the molecule is Cc1ccc(C(=O)N(C)Cc2nnc3c(=O)n(C)ccn23)cc1Cl. The Morgan fingerprint density at radius 2 is 2.04 bits per heavy atom. The number of fused-ring (bicyclic) bond motifs is 1. The highest BCUT2D eigenvalue weighted by Crippen LogP contribution is 2.18. The lowest BCUT2D eigenvalue weighted by atomic mass is 10.1. The van der Waals surface area contributed by atoms with E-state index < -0.39 is 0 Å². The molecular formula is C16H16ClN5O2. The van der Waals surface area contributed by atoms with Crippen molar-refractivity contribution in [2.24, 2.45) is 7.05 Å². The van der Waals surface area contributed by atoms with E-state index in [1.54, 1.807) is 49.1 Å². The van der Waals surface area contributed by atoms with Crippen LogP contribution in [0, 0.1) is 6.92 Å². The topological polar surface area (TPSA) is 72.5 Å². The first-order chi connectivity index (χ1) is 11.4. The van der Waals surface area contributed by atoms with Crippen LogP contribution >= 0.6 is 11.6 Å². The second-order valence-corrected chi connectivity index (χ2v) is 6.06. The zero-order valence-electron chi connectivity index (χ0n) is 13.5. The molecule has 0 radical (unpaired) electrons. The van der Waals surface area contributed by atoms with Crippen molar-refractivity contribution in [3.8, 4) is 0 Å². The van der Waals surface area contributed by atoms with E-state index in [0.29, 0.717) is 16.4 Å². The molecule has 0 spiro atoms. The van der Waals surface area contributed by atoms with Gasteiger partial charge in [0.05, 0.1) is 6.54 Å². The Morgan fingerprint density at radius 3 is 2.75 bits per heavy atom. The first-order valence-electron chi connectivity index (χ1n) is 7.29. The third kappa shape index (κ3) is 2.78. The third-order valence-electron chi connectivity index (χ3n) is 3.86. The van der Waals surface area contributed by atoms with Gasteiger partial charge in [-0.15, -0.1) is 10.2 Å². The van der Waals surface area contributed by atoms with Gasteiger partial charge in [0.2, 0.25) is 5.65 Å². The molecule has 124 valence electrons. The second-order valence-electron chi connectivity index (χ2n) is 5.65. The molecule has 0 aliphatic heterocycles. The predicted octanol–water partition coefficient (Wildman–Crippen LogP) is 1.66. The van der Waals surface area contributed by atoms with Gasteiger partial charge >= 0.3 is 0 Å². The highest BCUT2D eigenvalue weighted by molar-refractivity contribution is 6.31. The number of nitrogens with zero attached hydrogens (tertiary/aromatic N) is 5. The van der Waals surface area contributed by atoms with Crippen LogP contribution in [0.15, 0.2) is 35.4 Å². The van der Waals surface area contributed by atoms with Crippen LogP contribution in [0.2, 0.25) is 5.02 Å². The van der Waals surface area contributed by atoms with Crippen molar-refractivity contribution in [2.45, 2.75) is 13.5 Å². The summed E-state index contributed by atoms with van der Waals surface area (Å²) >= 11 is 6.08. The fraction of sp³-hybridized carbons (Fsp3) is 0.250. The first-order valence-corrected chi connectivity index (χ1v) is 7.67. The van der Waals surface area contributed by atoms with Crippen LogP contribution in [0.3, 0.4) is 0 Å². The van der Waals surface area contributed by atoms with Crippen LogP contribution in [0.25, 0.3) is 5.65 Å². The fourth-order valence-electron chi connectivity index (χ4n) is 2.36. The van der Waals surface area contributed by atoms with Crippen molar-refractivity contribution in [3.05, 3.63) is 62.9 Å². The molecule has 3 rings (SSSR count). The van der Waals surface area contributed by atoms with Gasteiger partial charge in [0.25, 0.3) is 11.5 Å². The average Bonchev–Trinajstić information content (AvgIpc) is 2.96. The summed E-state index contributed by atoms with van der Waals surface area (Å²) < 4.78 is 3.02. The minimum Gasteiger partial charge on any atom is -0.334 e. The summed E-state index contributed by atoms with van der Waals surface area (Å²) in [7, 11) is 3.31. The van der Waals surface area contributed by atoms with Crippen LogP contribution in [0.1, 0.15) is 21.7 Å². The fourth-order valence-corrected chi connectivity index (χ4v) is 2.54. The molecule has 1 amide bonds. The van der Waals surface area contributed by atoms with E-state index in [-0.39, 0.29) is 23.7 Å². The van der Waals surface area contributed by atoms with E-state index >= 15 is 0 Å². The summed E-state index contributed by atoms with van der Waals surface area (Å²) in [6.45, 7) is 2.10. The number of carbonyl (C=O) groups is 1. The highest BCUT2D eigenvalue weighted by Gasteiger charge is 2.17. The minimum atomic E-state index is -0.240. The molecule has 0 N–H and O–H groups in total. The molecule has 0 aliphatic rings. The van der Waals surface area contributed by atoms with E-state index in [2.05, 4.69) is 10.2 Å². The van der Waals surface area contributed by atoms with Crippen LogP contribution < -0.4 is 5.56 Å². The lowest BCUT2D eigenvalue weighted by Crippen LogP contribution is -2.27. The minimum absolute atomic E-state index is 0.183. The molecule has 2 heterocycles. The molecule has 1 aromatic carbocycles. The van der Waals surface area contributed by atoms with Gasteiger partial charge in [0.15, 0.2) is 5.82 Å². The van der Waals surface area contributed by atoms with E-state index in [1.165, 1.54) is 9.47 Å². The lowest BCUT2D eigenvalue weighted by Gasteiger charge is -2.16. The Bertz CT molecular complexity index is 992. The summed E-state index contributed by atoms with van der Waals surface area (Å²) in [5.41, 5.74) is 1.40. The van der Waals surface area contributed by atoms with Crippen molar-refractivity contribution in [1.82, 2.24) is 24.1 Å². The van der Waals surface area contributed by atoms with Gasteiger partial charge in [-0.2, -0.15) is 0 Å². The maximum absolute atomic E-state index is 12.5. The number of aryl methyl sites for hydroxylation is 2. The summed E-state index contributed by atoms with van der Waals surface area (Å²) in [6.07, 6.45) is 3.33. The van der Waals surface area contributed by atoms with Gasteiger partial charge in [-0.25, -0.2) is 0 Å². The van der Waals surface area contributed by atoms with Crippen LogP contribution in [-0.2, 0) is 13.6 Å². The van der Waals surface area contributed by atoms with Crippen molar-refractivity contribution in [1.29, 1.82) is 0 Å². The van der Waals surface area contributed by atoms with Gasteiger partial charge in [-0.05, 0) is 24.6 Å². The molecule has 0 aliphatic carbocycles. The molecule has 8 heteroatoms. The zero-order valence-corrected chi connectivity index (χ0v) is 14.3. The predicted molar refractivity (Wildman–Crippen MR) is 90.2 cm³/mol. The standard InChI is InChI=1S/C16H16ClN5O2/c1-10-4-5-11(8-12(10)17)15(23)21(3)9-13-18-19-14-16(24)20(2)6-7-22(13)14/h4-8H,9H2,1-3H3. The Labute approximate surface area is 143 Å². The number of hydrogen-bond acceptors (Lipinski definition) is 4. The van der Waals surface area contributed by atoms with Gasteiger partial charge in [0, 0.05) is 37.1 Å². The smallest absolute Gasteiger partial charge is 0.295 e. The molecule has 3 aromatic rings. The van der Waals surface area contributed by atoms with E-state index in [0.717, 1.165) is 5.56 Å². The van der Waals surface area contributed by atoms with E-state index in [9.17, 15) is 9.59 Å². The molecule has 0 bridgehead atoms. The zero-order chi connectivity index (χ0) is 17.4. The number of rotatable bonds is 3. The van der Waals surface area contributed by atoms with Crippen LogP contribution in [0.4, 0.5) is 0 Å². The molecule has 2 aromatic heterocycles. The lowest BCUT2D eigenvalue weighted by molar-refractivity contribution is 0.0781. The van der Waals surface area contributed by atoms with Crippen LogP contribution in [0.5, 0.6) is 0 Å². The Kier molecular flexibility index (Phi) is 4.11. The molecule has 0 unspecified atom stereocenters. The van der Waals surface area contributed by atoms with Gasteiger partial charge in [-0.3, -0.25) is 14.0 Å². The Balaban J connectivity index is 1.88. The number of aromatic nitrogens is 4. The summed E-state index contributed by atoms with van der Waals surface area (Å²) in [6, 6.07) is 5.19. The van der Waals surface area contributed by atoms with Gasteiger partial charge in [-0.1, -0.05) is 17.7 Å². The second kappa shape index (κ2) is 6.09. The number of amides is 1. The summed E-state index contributed by atoms with van der Waals surface area (Å²) in [4.78, 5) is 26.0. The molecule has 7 nitrogen and oxygen atoms in total. The molecule has 0 saturated heterocycles. The average molecular weight is 346 g/mol. The Morgan fingerprint density at radius 1 is 1.29 bits per heavy atom. The van der Waals surface area contributed by atoms with E-state index in [4.69, 9.17) is 11.6 Å². The van der Waals surface area contributed by atoms with E-state index in [1.807, 2.05) is 6.92 Å². The number of halogens is 1. The van der Waals surface area contributed by atoms with Gasteiger partial charge in [0.1, 0.15) is 0 Å². The normalized spacial score (nSPS) is 11.0. The molecule has 0 atom stereocenters. The largest absolute Gasteiger partial charge is 0.334 e. The third-order valence-corrected chi connectivity index (χ3v) is 4.27. The molecule has 24 heavy (non-hydrogen) atoms. The number of benzene rings is 1. The van der Waals surface area contributed by atoms with Crippen LogP contribution in [-0.4, -0.2) is 37.0 Å². The number of carbonyl (C=O) groups excluding carboxylic acids is 1. The molecular weight excluding hydrogens is 330 g/mol. The monoisotopic (exact) mass is 345 g/mol.